The van der Waals surface area contributed by atoms with E-state index in [1.165, 1.54) is 83.5 Å². The Morgan fingerprint density at radius 2 is 0.662 bits per heavy atom. The molecule has 0 rings (SSSR count). The maximum absolute atomic E-state index is 12.9. The highest BCUT2D eigenvalue weighted by molar-refractivity contribution is 7.47. The van der Waals surface area contributed by atoms with E-state index in [4.69, 9.17) is 23.3 Å². The summed E-state index contributed by atoms with van der Waals surface area (Å²) in [6.45, 7) is 4.54. The second-order valence-corrected chi connectivity index (χ2v) is 21.3. The fraction of sp³-hybridized carbons (Fsp3) is 0.758. The van der Waals surface area contributed by atoms with Crippen molar-refractivity contribution in [2.75, 3.05) is 26.4 Å². The summed E-state index contributed by atoms with van der Waals surface area (Å²) in [5, 5.41) is 9.82. The van der Waals surface area contributed by atoms with E-state index >= 15 is 0 Å². The van der Waals surface area contributed by atoms with Gasteiger partial charge in [-0.3, -0.25) is 23.4 Å². The Kier molecular flexibility index (Phi) is 53.8. The van der Waals surface area contributed by atoms with Crippen molar-refractivity contribution < 1.29 is 52.2 Å². The first-order chi connectivity index (χ1) is 36.2. The summed E-state index contributed by atoms with van der Waals surface area (Å²) in [5.74, 6) is -1.50. The Morgan fingerprint density at radius 1 is 0.378 bits per heavy atom. The molecule has 0 aliphatic carbocycles. The van der Waals surface area contributed by atoms with E-state index in [1.807, 2.05) is 0 Å². The topological polar surface area (TPSA) is 155 Å². The molecule has 0 saturated heterocycles. The third-order valence-corrected chi connectivity index (χ3v) is 13.5. The van der Waals surface area contributed by atoms with Crippen LogP contribution in [0.5, 0.6) is 0 Å². The summed E-state index contributed by atoms with van der Waals surface area (Å²) in [7, 11) is -4.76. The molecule has 0 fully saturated rings. The lowest BCUT2D eigenvalue weighted by Gasteiger charge is -2.21. The molecule has 74 heavy (non-hydrogen) atoms. The number of hydrogen-bond donors (Lipinski definition) is 2. The van der Waals surface area contributed by atoms with Crippen LogP contribution in [0.15, 0.2) is 72.9 Å². The minimum atomic E-state index is -4.76. The molecule has 0 aromatic rings. The van der Waals surface area contributed by atoms with Crippen molar-refractivity contribution >= 4 is 25.7 Å². The monoisotopic (exact) mass is 1060 g/mol. The Bertz CT molecular complexity index is 1520. The van der Waals surface area contributed by atoms with Gasteiger partial charge in [-0.2, -0.15) is 0 Å². The van der Waals surface area contributed by atoms with Gasteiger partial charge in [-0.15, -0.1) is 0 Å². The molecule has 0 amide bonds. The summed E-state index contributed by atoms with van der Waals surface area (Å²) in [6, 6.07) is 0. The Morgan fingerprint density at radius 3 is 1.00 bits per heavy atom. The van der Waals surface area contributed by atoms with Gasteiger partial charge in [0.2, 0.25) is 0 Å². The molecule has 0 saturated carbocycles. The predicted molar refractivity (Wildman–Crippen MR) is 307 cm³/mol. The van der Waals surface area contributed by atoms with Crippen molar-refractivity contribution in [1.29, 1.82) is 0 Å². The van der Waals surface area contributed by atoms with Gasteiger partial charge in [0.1, 0.15) is 12.7 Å². The smallest absolute Gasteiger partial charge is 0.462 e. The molecule has 3 atom stereocenters. The van der Waals surface area contributed by atoms with Crippen molar-refractivity contribution in [3.8, 4) is 0 Å². The molecule has 0 radical (unpaired) electrons. The van der Waals surface area contributed by atoms with Gasteiger partial charge in [0, 0.05) is 19.3 Å². The van der Waals surface area contributed by atoms with E-state index in [9.17, 15) is 28.9 Å². The largest absolute Gasteiger partial charge is 0.472 e. The molecule has 0 aromatic carbocycles. The van der Waals surface area contributed by atoms with Crippen LogP contribution in [0.3, 0.4) is 0 Å². The van der Waals surface area contributed by atoms with Gasteiger partial charge in [-0.1, -0.05) is 203 Å². The number of ether oxygens (including phenoxy) is 3. The zero-order valence-corrected chi connectivity index (χ0v) is 48.2. The molecule has 0 bridgehead atoms. The first-order valence-corrected chi connectivity index (χ1v) is 31.3. The quantitative estimate of drug-likeness (QED) is 0.0197. The summed E-state index contributed by atoms with van der Waals surface area (Å²) in [5.41, 5.74) is 0. The second kappa shape index (κ2) is 56.1. The van der Waals surface area contributed by atoms with Gasteiger partial charge >= 0.3 is 25.7 Å². The normalized spacial score (nSPS) is 13.9. The number of carbonyl (C=O) groups excluding carboxylic acids is 3. The van der Waals surface area contributed by atoms with Crippen LogP contribution in [0.25, 0.3) is 0 Å². The number of carbonyl (C=O) groups is 3. The van der Waals surface area contributed by atoms with E-state index in [0.717, 1.165) is 122 Å². The number of phosphoric ester groups is 1. The fourth-order valence-corrected chi connectivity index (χ4v) is 8.76. The lowest BCUT2D eigenvalue weighted by atomic mass is 10.1. The molecule has 2 N–H and O–H groups in total. The lowest BCUT2D eigenvalue weighted by molar-refractivity contribution is -0.161. The average molecular weight is 1060 g/mol. The van der Waals surface area contributed by atoms with E-state index in [2.05, 4.69) is 93.7 Å². The molecule has 0 spiro atoms. The maximum Gasteiger partial charge on any atom is 0.472 e. The molecule has 12 heteroatoms. The van der Waals surface area contributed by atoms with E-state index < -0.39 is 57.8 Å². The van der Waals surface area contributed by atoms with Crippen LogP contribution >= 0.6 is 7.82 Å². The van der Waals surface area contributed by atoms with Crippen molar-refractivity contribution in [2.24, 2.45) is 0 Å². The summed E-state index contributed by atoms with van der Waals surface area (Å²) < 4.78 is 39.5. The van der Waals surface area contributed by atoms with Crippen LogP contribution < -0.4 is 0 Å². The third kappa shape index (κ3) is 53.7. The van der Waals surface area contributed by atoms with Gasteiger partial charge in [0.25, 0.3) is 0 Å². The Balaban J connectivity index is 4.75. The van der Waals surface area contributed by atoms with Gasteiger partial charge in [-0.05, 0) is 116 Å². The number of esters is 3. The summed E-state index contributed by atoms with van der Waals surface area (Å²) in [4.78, 5) is 48.6. The van der Waals surface area contributed by atoms with Crippen LogP contribution in [0, 0.1) is 0 Å². The Labute approximate surface area is 452 Å². The van der Waals surface area contributed by atoms with Gasteiger partial charge in [0.15, 0.2) is 6.10 Å². The molecular weight excluding hydrogens is 952 g/mol. The second-order valence-electron chi connectivity index (χ2n) is 19.8. The standard InChI is InChI=1S/C62H109O11P/c1-4-7-10-13-16-19-22-25-28-29-32-33-36-39-42-45-48-51-60(64)69-55-59(73-62(66)53-50-47-44-41-38-35-31-27-24-21-18-15-12-9-6-3)57-71-74(67,68)70-56-58(54-63)72-61(65)52-49-46-43-40-37-34-30-26-23-20-17-14-11-8-5-2/h16-21,25-28,30-31,58-59,63H,4-15,22-24,29,32-57H2,1-3H3,(H,67,68)/b19-16-,20-17-,21-18-,28-25-,30-26-,31-27-. The van der Waals surface area contributed by atoms with Crippen molar-refractivity contribution in [3.05, 3.63) is 72.9 Å². The minimum absolute atomic E-state index is 0.147. The highest BCUT2D eigenvalue weighted by Crippen LogP contribution is 2.43. The number of phosphoric acid groups is 1. The highest BCUT2D eigenvalue weighted by Gasteiger charge is 2.28. The number of aliphatic hydroxyl groups is 1. The van der Waals surface area contributed by atoms with Crippen molar-refractivity contribution in [2.45, 2.75) is 277 Å². The van der Waals surface area contributed by atoms with Crippen LogP contribution in [0.4, 0.5) is 0 Å². The predicted octanol–water partition coefficient (Wildman–Crippen LogP) is 17.7. The molecule has 3 unspecified atom stereocenters. The highest BCUT2D eigenvalue weighted by atomic mass is 31.2. The van der Waals surface area contributed by atoms with Crippen LogP contribution in [-0.4, -0.2) is 66.5 Å². The van der Waals surface area contributed by atoms with E-state index in [1.54, 1.807) is 0 Å². The number of unbranched alkanes of at least 4 members (excludes halogenated alkanes) is 26. The zero-order chi connectivity index (χ0) is 54.1. The van der Waals surface area contributed by atoms with Gasteiger partial charge in [-0.25, -0.2) is 4.57 Å². The number of rotatable bonds is 55. The third-order valence-electron chi connectivity index (χ3n) is 12.6. The molecule has 0 aliphatic rings. The van der Waals surface area contributed by atoms with Gasteiger partial charge < -0.3 is 24.2 Å². The van der Waals surface area contributed by atoms with E-state index in [0.29, 0.717) is 19.3 Å². The van der Waals surface area contributed by atoms with E-state index in [-0.39, 0.29) is 25.9 Å². The van der Waals surface area contributed by atoms with Gasteiger partial charge in [0.05, 0.1) is 19.8 Å². The minimum Gasteiger partial charge on any atom is -0.462 e. The summed E-state index contributed by atoms with van der Waals surface area (Å²) >= 11 is 0. The first-order valence-electron chi connectivity index (χ1n) is 29.8. The van der Waals surface area contributed by atoms with Crippen molar-refractivity contribution in [1.82, 2.24) is 0 Å². The summed E-state index contributed by atoms with van der Waals surface area (Å²) in [6.07, 6.45) is 62.7. The van der Waals surface area contributed by atoms with Crippen LogP contribution in [0.2, 0.25) is 0 Å². The SMILES string of the molecule is CCCCC/C=C\C/C=C\CCCCCCCCCC(=O)OCC(COP(=O)(O)OCC(CO)OC(=O)CCCCCCC/C=C\C/C=C\CCCCC)OC(=O)CCCCCCC/C=C\C/C=C\CCCCC. The van der Waals surface area contributed by atoms with Crippen LogP contribution in [0.1, 0.15) is 265 Å². The molecule has 11 nitrogen and oxygen atoms in total. The molecular formula is C62H109O11P. The van der Waals surface area contributed by atoms with Crippen molar-refractivity contribution in [3.63, 3.8) is 0 Å². The zero-order valence-electron chi connectivity index (χ0n) is 47.3. The maximum atomic E-state index is 12.9. The molecule has 428 valence electrons. The number of allylic oxidation sites excluding steroid dienone is 12. The molecule has 0 heterocycles. The molecule has 0 aliphatic heterocycles. The molecule has 0 aromatic heterocycles. The Hall–Kier alpha value is -3.08. The fourth-order valence-electron chi connectivity index (χ4n) is 7.98. The average Bonchev–Trinajstić information content (AvgIpc) is 3.39. The lowest BCUT2D eigenvalue weighted by Crippen LogP contribution is -2.30. The number of hydrogen-bond acceptors (Lipinski definition) is 10. The number of aliphatic hydroxyl groups excluding tert-OH is 1. The van der Waals surface area contributed by atoms with Crippen LogP contribution in [-0.2, 0) is 42.2 Å². The first kappa shape index (κ1) is 70.9.